The van der Waals surface area contributed by atoms with Crippen molar-refractivity contribution in [2.75, 3.05) is 0 Å². The van der Waals surface area contributed by atoms with Crippen LogP contribution in [0.5, 0.6) is 0 Å². The SMILES string of the molecule is Cc1[nH]c2ccc(F)c(Br)c2c1C. The van der Waals surface area contributed by atoms with Gasteiger partial charge in [-0.1, -0.05) is 0 Å². The number of benzene rings is 1. The van der Waals surface area contributed by atoms with Gasteiger partial charge in [-0.05, 0) is 47.5 Å². The maximum absolute atomic E-state index is 13.2. The number of fused-ring (bicyclic) bond motifs is 1. The van der Waals surface area contributed by atoms with Crippen molar-refractivity contribution in [3.8, 4) is 0 Å². The maximum Gasteiger partial charge on any atom is 0.138 e. The molecule has 0 aliphatic rings. The lowest BCUT2D eigenvalue weighted by molar-refractivity contribution is 0.623. The molecule has 68 valence electrons. The van der Waals surface area contributed by atoms with Gasteiger partial charge in [-0.15, -0.1) is 0 Å². The van der Waals surface area contributed by atoms with E-state index >= 15 is 0 Å². The fourth-order valence-electron chi connectivity index (χ4n) is 1.50. The number of aromatic nitrogens is 1. The number of hydrogen-bond acceptors (Lipinski definition) is 0. The van der Waals surface area contributed by atoms with Gasteiger partial charge in [0.25, 0.3) is 0 Å². The Morgan fingerprint density at radius 1 is 1.31 bits per heavy atom. The van der Waals surface area contributed by atoms with Crippen molar-refractivity contribution in [2.45, 2.75) is 13.8 Å². The Morgan fingerprint density at radius 2 is 2.00 bits per heavy atom. The highest BCUT2D eigenvalue weighted by Crippen LogP contribution is 2.30. The van der Waals surface area contributed by atoms with Crippen LogP contribution in [-0.4, -0.2) is 4.98 Å². The number of rotatable bonds is 0. The van der Waals surface area contributed by atoms with E-state index in [1.165, 1.54) is 6.07 Å². The lowest BCUT2D eigenvalue weighted by atomic mass is 10.1. The van der Waals surface area contributed by atoms with Crippen molar-refractivity contribution < 1.29 is 4.39 Å². The first-order valence-electron chi connectivity index (χ1n) is 4.04. The van der Waals surface area contributed by atoms with E-state index in [1.807, 2.05) is 13.8 Å². The molecule has 1 nitrogen and oxygen atoms in total. The quantitative estimate of drug-likeness (QED) is 0.725. The molecular formula is C10H9BrFN. The molecule has 1 aromatic carbocycles. The van der Waals surface area contributed by atoms with Gasteiger partial charge in [0.15, 0.2) is 0 Å². The van der Waals surface area contributed by atoms with Crippen molar-refractivity contribution in [2.24, 2.45) is 0 Å². The number of hydrogen-bond donors (Lipinski definition) is 1. The van der Waals surface area contributed by atoms with Gasteiger partial charge in [0, 0.05) is 16.6 Å². The second-order valence-corrected chi connectivity index (χ2v) is 3.95. The molecule has 0 saturated carbocycles. The summed E-state index contributed by atoms with van der Waals surface area (Å²) in [4.78, 5) is 3.20. The average molecular weight is 242 g/mol. The van der Waals surface area contributed by atoms with Crippen molar-refractivity contribution in [1.29, 1.82) is 0 Å². The highest BCUT2D eigenvalue weighted by Gasteiger charge is 2.10. The molecular weight excluding hydrogens is 233 g/mol. The Hall–Kier alpha value is -0.830. The third-order valence-electron chi connectivity index (χ3n) is 2.35. The molecule has 0 saturated heterocycles. The normalized spacial score (nSPS) is 11.1. The van der Waals surface area contributed by atoms with Crippen LogP contribution in [0, 0.1) is 19.7 Å². The van der Waals surface area contributed by atoms with Crippen molar-refractivity contribution in [3.63, 3.8) is 0 Å². The Kier molecular flexibility index (Phi) is 1.91. The summed E-state index contributed by atoms with van der Waals surface area (Å²) in [5.41, 5.74) is 3.16. The van der Waals surface area contributed by atoms with Crippen LogP contribution in [0.2, 0.25) is 0 Å². The average Bonchev–Trinajstić information content (AvgIpc) is 2.37. The topological polar surface area (TPSA) is 15.8 Å². The second kappa shape index (κ2) is 2.84. The zero-order valence-electron chi connectivity index (χ0n) is 7.41. The van der Waals surface area contributed by atoms with E-state index < -0.39 is 0 Å². The number of aromatic amines is 1. The molecule has 0 fully saturated rings. The van der Waals surface area contributed by atoms with Gasteiger partial charge in [-0.3, -0.25) is 0 Å². The Balaban J connectivity index is 2.97. The summed E-state index contributed by atoms with van der Waals surface area (Å²) in [6.45, 7) is 3.97. The largest absolute Gasteiger partial charge is 0.358 e. The second-order valence-electron chi connectivity index (χ2n) is 3.16. The van der Waals surface area contributed by atoms with E-state index in [1.54, 1.807) is 6.07 Å². The van der Waals surface area contributed by atoms with Gasteiger partial charge in [-0.2, -0.15) is 0 Å². The molecule has 2 aromatic rings. The summed E-state index contributed by atoms with van der Waals surface area (Å²) < 4.78 is 13.7. The molecule has 3 heteroatoms. The molecule has 0 bridgehead atoms. The molecule has 0 aliphatic heterocycles. The van der Waals surface area contributed by atoms with Gasteiger partial charge < -0.3 is 4.98 Å². The maximum atomic E-state index is 13.2. The van der Waals surface area contributed by atoms with Crippen LogP contribution < -0.4 is 0 Å². The van der Waals surface area contributed by atoms with E-state index in [9.17, 15) is 4.39 Å². The summed E-state index contributed by atoms with van der Waals surface area (Å²) >= 11 is 3.25. The first-order valence-corrected chi connectivity index (χ1v) is 4.83. The lowest BCUT2D eigenvalue weighted by Crippen LogP contribution is -1.78. The van der Waals surface area contributed by atoms with Gasteiger partial charge >= 0.3 is 0 Å². The van der Waals surface area contributed by atoms with E-state index in [-0.39, 0.29) is 5.82 Å². The van der Waals surface area contributed by atoms with Gasteiger partial charge in [0.2, 0.25) is 0 Å². The van der Waals surface area contributed by atoms with Crippen LogP contribution in [0.1, 0.15) is 11.3 Å². The molecule has 0 unspecified atom stereocenters. The minimum atomic E-state index is -0.213. The molecule has 1 aromatic heterocycles. The van der Waals surface area contributed by atoms with Crippen molar-refractivity contribution in [3.05, 3.63) is 33.7 Å². The Morgan fingerprint density at radius 3 is 2.69 bits per heavy atom. The first-order chi connectivity index (χ1) is 6.11. The third kappa shape index (κ3) is 1.18. The van der Waals surface area contributed by atoms with Crippen LogP contribution in [0.15, 0.2) is 16.6 Å². The third-order valence-corrected chi connectivity index (χ3v) is 3.13. The molecule has 0 amide bonds. The molecule has 0 atom stereocenters. The zero-order valence-corrected chi connectivity index (χ0v) is 9.00. The van der Waals surface area contributed by atoms with Gasteiger partial charge in [0.05, 0.1) is 4.47 Å². The number of aryl methyl sites for hydroxylation is 2. The highest BCUT2D eigenvalue weighted by molar-refractivity contribution is 9.10. The molecule has 0 radical (unpaired) electrons. The summed E-state index contributed by atoms with van der Waals surface area (Å²) in [7, 11) is 0. The van der Waals surface area contributed by atoms with Crippen LogP contribution in [0.3, 0.4) is 0 Å². The smallest absolute Gasteiger partial charge is 0.138 e. The van der Waals surface area contributed by atoms with Crippen LogP contribution in [0.25, 0.3) is 10.9 Å². The minimum Gasteiger partial charge on any atom is -0.358 e. The Bertz CT molecular complexity index is 473. The van der Waals surface area contributed by atoms with Gasteiger partial charge in [-0.25, -0.2) is 4.39 Å². The minimum absolute atomic E-state index is 0.213. The summed E-state index contributed by atoms with van der Waals surface area (Å²) in [6, 6.07) is 3.22. The standard InChI is InChI=1S/C10H9BrFN/c1-5-6(2)13-8-4-3-7(12)10(11)9(5)8/h3-4,13H,1-2H3. The fraction of sp³-hybridized carbons (Fsp3) is 0.200. The van der Waals surface area contributed by atoms with Crippen LogP contribution in [0.4, 0.5) is 4.39 Å². The predicted molar refractivity (Wildman–Crippen MR) is 55.4 cm³/mol. The van der Waals surface area contributed by atoms with E-state index in [0.29, 0.717) is 4.47 Å². The zero-order chi connectivity index (χ0) is 9.59. The number of halogens is 2. The Labute approximate surface area is 84.1 Å². The summed E-state index contributed by atoms with van der Waals surface area (Å²) in [5.74, 6) is -0.213. The van der Waals surface area contributed by atoms with Crippen molar-refractivity contribution >= 4 is 26.8 Å². The summed E-state index contributed by atoms with van der Waals surface area (Å²) in [6.07, 6.45) is 0. The molecule has 2 rings (SSSR count). The monoisotopic (exact) mass is 241 g/mol. The summed E-state index contributed by atoms with van der Waals surface area (Å²) in [5, 5.41) is 0.942. The highest BCUT2D eigenvalue weighted by atomic mass is 79.9. The van der Waals surface area contributed by atoms with E-state index in [2.05, 4.69) is 20.9 Å². The number of H-pyrrole nitrogens is 1. The first kappa shape index (κ1) is 8.75. The molecule has 1 N–H and O–H groups in total. The van der Waals surface area contributed by atoms with Gasteiger partial charge in [0.1, 0.15) is 5.82 Å². The molecule has 13 heavy (non-hydrogen) atoms. The molecule has 1 heterocycles. The fourth-order valence-corrected chi connectivity index (χ4v) is 2.15. The molecule has 0 spiro atoms. The number of nitrogens with one attached hydrogen (secondary N) is 1. The van der Waals surface area contributed by atoms with Crippen LogP contribution >= 0.6 is 15.9 Å². The lowest BCUT2D eigenvalue weighted by Gasteiger charge is -1.97. The van der Waals surface area contributed by atoms with E-state index in [4.69, 9.17) is 0 Å². The van der Waals surface area contributed by atoms with Crippen LogP contribution in [-0.2, 0) is 0 Å². The van der Waals surface area contributed by atoms with E-state index in [0.717, 1.165) is 22.2 Å². The van der Waals surface area contributed by atoms with Crippen molar-refractivity contribution in [1.82, 2.24) is 4.98 Å². The molecule has 0 aliphatic carbocycles. The predicted octanol–water partition coefficient (Wildman–Crippen LogP) is 3.69.